The van der Waals surface area contributed by atoms with E-state index in [-0.39, 0.29) is 9.79 Å². The molecule has 0 amide bonds. The lowest BCUT2D eigenvalue weighted by Gasteiger charge is -2.42. The lowest BCUT2D eigenvalue weighted by atomic mass is 10.0. The van der Waals surface area contributed by atoms with Crippen LogP contribution in [0.2, 0.25) is 0 Å². The fourth-order valence-electron chi connectivity index (χ4n) is 5.54. The van der Waals surface area contributed by atoms with Crippen LogP contribution in [0.3, 0.4) is 0 Å². The van der Waals surface area contributed by atoms with Crippen molar-refractivity contribution in [1.29, 1.82) is 0 Å². The Bertz CT molecular complexity index is 1410. The van der Waals surface area contributed by atoms with E-state index in [1.54, 1.807) is 36.8 Å². The van der Waals surface area contributed by atoms with Gasteiger partial charge in [-0.05, 0) is 79.1 Å². The van der Waals surface area contributed by atoms with Crippen LogP contribution in [-0.2, 0) is 14.6 Å². The molecule has 0 N–H and O–H groups in total. The summed E-state index contributed by atoms with van der Waals surface area (Å²) in [6.07, 6.45) is 8.75. The zero-order valence-electron chi connectivity index (χ0n) is 23.7. The van der Waals surface area contributed by atoms with E-state index in [1.165, 1.54) is 6.20 Å². The Balaban J connectivity index is 1.53. The number of nitrogens with zero attached hydrogens (tertiary/aromatic N) is 3. The molecule has 218 valence electrons. The van der Waals surface area contributed by atoms with Crippen LogP contribution < -0.4 is 9.64 Å². The van der Waals surface area contributed by atoms with Crippen molar-refractivity contribution in [3.05, 3.63) is 48.7 Å². The zero-order valence-corrected chi connectivity index (χ0v) is 25.3. The third kappa shape index (κ3) is 6.26. The van der Waals surface area contributed by atoms with E-state index in [9.17, 15) is 13.0 Å². The van der Waals surface area contributed by atoms with E-state index in [1.807, 2.05) is 18.2 Å². The van der Waals surface area contributed by atoms with Crippen molar-refractivity contribution in [3.63, 3.8) is 0 Å². The quantitative estimate of drug-likeness (QED) is 0.320. The molecule has 2 fully saturated rings. The summed E-state index contributed by atoms with van der Waals surface area (Å²) in [5.74, 6) is 0.653. The molecule has 0 aliphatic carbocycles. The third-order valence-electron chi connectivity index (χ3n) is 7.88. The highest BCUT2D eigenvalue weighted by Crippen LogP contribution is 2.47. The normalized spacial score (nSPS) is 18.2. The van der Waals surface area contributed by atoms with E-state index in [0.29, 0.717) is 34.5 Å². The van der Waals surface area contributed by atoms with Crippen LogP contribution in [0.1, 0.15) is 32.6 Å². The first-order valence-electron chi connectivity index (χ1n) is 14.1. The number of fused-ring (bicyclic) bond motifs is 1. The molecule has 8 nitrogen and oxygen atoms in total. The lowest BCUT2D eigenvalue weighted by Crippen LogP contribution is -2.49. The average molecular weight is 587 g/mol. The monoisotopic (exact) mass is 586 g/mol. The van der Waals surface area contributed by atoms with Crippen LogP contribution in [0, 0.1) is 0 Å². The molecule has 3 heterocycles. The number of sulfone groups is 1. The first kappa shape index (κ1) is 29.1. The Kier molecular flexibility index (Phi) is 8.92. The standard InChI is InChI=1S/C30H41N3O5S2/c1-4-5-18-38-24-6-8-25(9-7-24)40(35,36)29-22-31-28-11-10-26(39(2,3)34)21-27(28)30(29)33-14-12-23(13-15-33)32-16-19-37-20-17-32/h6-11,21-23,34H,4-5,12-20H2,1-3H3/p-1. The van der Waals surface area contributed by atoms with Crippen LogP contribution >= 0.6 is 10.3 Å². The average Bonchev–Trinajstić information content (AvgIpc) is 2.97. The number of pyridine rings is 1. The molecule has 1 aromatic heterocycles. The molecule has 5 rings (SSSR count). The van der Waals surface area contributed by atoms with Crippen molar-refractivity contribution >= 4 is 36.7 Å². The second-order valence-corrected chi connectivity index (χ2v) is 15.8. The minimum Gasteiger partial charge on any atom is -0.809 e. The maximum atomic E-state index is 14.1. The molecule has 0 unspecified atom stereocenters. The van der Waals surface area contributed by atoms with Crippen LogP contribution in [0.15, 0.2) is 63.3 Å². The van der Waals surface area contributed by atoms with Gasteiger partial charge in [0.2, 0.25) is 9.84 Å². The van der Waals surface area contributed by atoms with Crippen LogP contribution in [0.25, 0.3) is 10.9 Å². The number of aromatic nitrogens is 1. The molecule has 0 saturated carbocycles. The van der Waals surface area contributed by atoms with Crippen molar-refractivity contribution in [1.82, 2.24) is 9.88 Å². The molecular formula is C30H40N3O5S2-. The van der Waals surface area contributed by atoms with Gasteiger partial charge in [0, 0.05) is 43.8 Å². The molecule has 0 spiro atoms. The fraction of sp³-hybridized carbons (Fsp3) is 0.500. The number of hydrogen-bond donors (Lipinski definition) is 0. The van der Waals surface area contributed by atoms with Gasteiger partial charge >= 0.3 is 0 Å². The Labute approximate surface area is 239 Å². The lowest BCUT2D eigenvalue weighted by molar-refractivity contribution is 0.0115. The molecule has 2 aliphatic rings. The fourth-order valence-corrected chi connectivity index (χ4v) is 7.77. The molecule has 3 aromatic rings. The summed E-state index contributed by atoms with van der Waals surface area (Å²) in [5.41, 5.74) is 1.34. The molecule has 0 atom stereocenters. The highest BCUT2D eigenvalue weighted by molar-refractivity contribution is 8.28. The van der Waals surface area contributed by atoms with Gasteiger partial charge < -0.3 is 29.2 Å². The van der Waals surface area contributed by atoms with E-state index in [2.05, 4.69) is 21.7 Å². The van der Waals surface area contributed by atoms with E-state index in [4.69, 9.17) is 9.47 Å². The first-order valence-corrected chi connectivity index (χ1v) is 18.0. The summed E-state index contributed by atoms with van der Waals surface area (Å²) >= 11 is 0. The second-order valence-electron chi connectivity index (χ2n) is 10.9. The van der Waals surface area contributed by atoms with Gasteiger partial charge in [0.1, 0.15) is 10.6 Å². The highest BCUT2D eigenvalue weighted by atomic mass is 32.3. The number of benzene rings is 2. The second kappa shape index (κ2) is 12.2. The summed E-state index contributed by atoms with van der Waals surface area (Å²) < 4.78 is 52.5. The van der Waals surface area contributed by atoms with Crippen LogP contribution in [0.4, 0.5) is 5.69 Å². The van der Waals surface area contributed by atoms with Gasteiger partial charge in [-0.3, -0.25) is 9.88 Å². The van der Waals surface area contributed by atoms with Crippen molar-refractivity contribution in [2.24, 2.45) is 0 Å². The molecule has 2 saturated heterocycles. The summed E-state index contributed by atoms with van der Waals surface area (Å²) in [6, 6.07) is 12.6. The Morgan fingerprint density at radius 2 is 1.68 bits per heavy atom. The first-order chi connectivity index (χ1) is 19.2. The topological polar surface area (TPSA) is 95.0 Å². The van der Waals surface area contributed by atoms with E-state index in [0.717, 1.165) is 70.5 Å². The SMILES string of the molecule is CCCCOc1ccc(S(=O)(=O)c2cnc3ccc(S(C)(C)[O-])cc3c2N2CCC(N3CCOCC3)CC2)cc1. The number of anilines is 1. The minimum atomic E-state index is -3.89. The highest BCUT2D eigenvalue weighted by Gasteiger charge is 2.31. The van der Waals surface area contributed by atoms with Gasteiger partial charge in [-0.1, -0.05) is 13.3 Å². The zero-order chi connectivity index (χ0) is 28.3. The van der Waals surface area contributed by atoms with Crippen LogP contribution in [0.5, 0.6) is 5.75 Å². The molecule has 40 heavy (non-hydrogen) atoms. The van der Waals surface area contributed by atoms with Gasteiger partial charge in [-0.15, -0.1) is 0 Å². The Hall–Kier alpha value is -2.37. The van der Waals surface area contributed by atoms with Crippen molar-refractivity contribution in [3.8, 4) is 5.75 Å². The van der Waals surface area contributed by atoms with E-state index >= 15 is 0 Å². The number of ether oxygens (including phenoxy) is 2. The van der Waals surface area contributed by atoms with E-state index < -0.39 is 20.1 Å². The number of rotatable bonds is 9. The molecule has 2 aliphatic heterocycles. The molecular weight excluding hydrogens is 546 g/mol. The number of unbranched alkanes of at least 4 members (excludes halogenated alkanes) is 1. The Morgan fingerprint density at radius 3 is 2.33 bits per heavy atom. The third-order valence-corrected chi connectivity index (χ3v) is 11.0. The molecule has 2 aromatic carbocycles. The number of hydrogen-bond acceptors (Lipinski definition) is 8. The van der Waals surface area contributed by atoms with Gasteiger partial charge in [0.15, 0.2) is 0 Å². The van der Waals surface area contributed by atoms with Gasteiger partial charge in [0.25, 0.3) is 0 Å². The minimum absolute atomic E-state index is 0.181. The predicted octanol–water partition coefficient (Wildman–Crippen LogP) is 5.10. The van der Waals surface area contributed by atoms with Crippen molar-refractivity contribution < 1.29 is 22.4 Å². The largest absolute Gasteiger partial charge is 0.809 e. The van der Waals surface area contributed by atoms with Gasteiger partial charge in [0.05, 0.1) is 35.9 Å². The number of morpholine rings is 1. The van der Waals surface area contributed by atoms with Gasteiger partial charge in [-0.25, -0.2) is 8.42 Å². The molecule has 0 radical (unpaired) electrons. The maximum Gasteiger partial charge on any atom is 0.210 e. The molecule has 10 heteroatoms. The van der Waals surface area contributed by atoms with Crippen molar-refractivity contribution in [2.75, 3.05) is 63.4 Å². The van der Waals surface area contributed by atoms with Gasteiger partial charge in [-0.2, -0.15) is 0 Å². The summed E-state index contributed by atoms with van der Waals surface area (Å²) in [4.78, 5) is 10.3. The summed E-state index contributed by atoms with van der Waals surface area (Å²) in [5, 5.41) is 0.722. The maximum absolute atomic E-state index is 14.1. The number of piperidine rings is 1. The van der Waals surface area contributed by atoms with Crippen molar-refractivity contribution in [2.45, 2.75) is 53.3 Å². The summed E-state index contributed by atoms with van der Waals surface area (Å²) in [7, 11) is -6.15. The Morgan fingerprint density at radius 1 is 1.00 bits per heavy atom. The predicted molar refractivity (Wildman–Crippen MR) is 160 cm³/mol. The van der Waals surface area contributed by atoms with Crippen LogP contribution in [-0.4, -0.2) is 87.4 Å². The summed E-state index contributed by atoms with van der Waals surface area (Å²) in [6.45, 7) is 7.55. The smallest absolute Gasteiger partial charge is 0.210 e. The molecule has 0 bridgehead atoms.